The van der Waals surface area contributed by atoms with Gasteiger partial charge in [-0.05, 0) is 36.1 Å². The van der Waals surface area contributed by atoms with E-state index in [9.17, 15) is 9.59 Å². The van der Waals surface area contributed by atoms with Crippen LogP contribution in [0.1, 0.15) is 23.1 Å². The Morgan fingerprint density at radius 1 is 1.14 bits per heavy atom. The molecule has 0 atom stereocenters. The normalized spacial score (nSPS) is 14.0. The summed E-state index contributed by atoms with van der Waals surface area (Å²) in [5.41, 5.74) is 5.05. The quantitative estimate of drug-likeness (QED) is 0.615. The Bertz CT molecular complexity index is 1060. The average Bonchev–Trinajstić information content (AvgIpc) is 3.14. The Morgan fingerprint density at radius 3 is 2.72 bits per heavy atom. The first kappa shape index (κ1) is 19.0. The summed E-state index contributed by atoms with van der Waals surface area (Å²) < 4.78 is 10.7. The molecule has 0 N–H and O–H groups in total. The Balaban J connectivity index is 1.29. The van der Waals surface area contributed by atoms with Crippen molar-refractivity contribution in [1.29, 1.82) is 0 Å². The number of hydrogen-bond donors (Lipinski definition) is 0. The number of carbonyl (C=O) groups excluding carboxylic acids is 2. The van der Waals surface area contributed by atoms with Crippen LogP contribution in [0.2, 0.25) is 0 Å². The van der Waals surface area contributed by atoms with Crippen LogP contribution in [0.5, 0.6) is 0 Å². The van der Waals surface area contributed by atoms with E-state index in [4.69, 9.17) is 9.15 Å². The van der Waals surface area contributed by atoms with E-state index in [2.05, 4.69) is 18.2 Å². The fourth-order valence-electron chi connectivity index (χ4n) is 3.58. The number of hydrogen-bond acceptors (Lipinski definition) is 4. The van der Waals surface area contributed by atoms with Crippen LogP contribution >= 0.6 is 0 Å². The first-order valence-corrected chi connectivity index (χ1v) is 9.75. The van der Waals surface area contributed by atoms with Crippen molar-refractivity contribution in [2.24, 2.45) is 0 Å². The van der Waals surface area contributed by atoms with Gasteiger partial charge in [0.15, 0.2) is 6.61 Å². The summed E-state index contributed by atoms with van der Waals surface area (Å²) in [7, 11) is 0. The summed E-state index contributed by atoms with van der Waals surface area (Å²) in [6.45, 7) is 2.91. The second kappa shape index (κ2) is 8.35. The zero-order valence-corrected chi connectivity index (χ0v) is 16.4. The summed E-state index contributed by atoms with van der Waals surface area (Å²) in [6, 6.07) is 16.0. The maximum atomic E-state index is 12.4. The second-order valence-electron chi connectivity index (χ2n) is 7.28. The summed E-state index contributed by atoms with van der Waals surface area (Å²) in [4.78, 5) is 26.3. The first-order valence-electron chi connectivity index (χ1n) is 9.75. The molecule has 0 radical (unpaired) electrons. The van der Waals surface area contributed by atoms with Crippen LogP contribution in [0.4, 0.5) is 0 Å². The fraction of sp³-hybridized carbons (Fsp3) is 0.250. The number of nitrogens with zero attached hydrogens (tertiary/aromatic N) is 1. The van der Waals surface area contributed by atoms with E-state index >= 15 is 0 Å². The number of esters is 1. The third kappa shape index (κ3) is 4.40. The lowest BCUT2D eigenvalue weighted by atomic mass is 10.00. The number of furan rings is 1. The minimum absolute atomic E-state index is 0.0847. The molecule has 3 aromatic rings. The molecule has 0 saturated carbocycles. The summed E-state index contributed by atoms with van der Waals surface area (Å²) in [5.74, 6) is -0.603. The average molecular weight is 389 g/mol. The van der Waals surface area contributed by atoms with Gasteiger partial charge in [-0.2, -0.15) is 0 Å². The standard InChI is InChI=1S/C24H23NO4/c1-17-7-8-21-20(15-28-22(21)13-17)14-24(27)29-16-23(26)25-11-9-19(10-12-25)18-5-3-2-4-6-18/h2-9,13,15H,10-12,14,16H2,1H3. The molecular formula is C24H23NO4. The first-order chi connectivity index (χ1) is 14.1. The molecule has 0 saturated heterocycles. The molecule has 0 bridgehead atoms. The SMILES string of the molecule is Cc1ccc2c(CC(=O)OCC(=O)N3CC=C(c4ccccc4)CC3)coc2c1. The molecule has 29 heavy (non-hydrogen) atoms. The maximum absolute atomic E-state index is 12.4. The zero-order valence-electron chi connectivity index (χ0n) is 16.4. The molecule has 5 heteroatoms. The van der Waals surface area contributed by atoms with Gasteiger partial charge < -0.3 is 14.1 Å². The molecule has 5 nitrogen and oxygen atoms in total. The minimum atomic E-state index is -0.431. The molecule has 1 aliphatic heterocycles. The van der Waals surface area contributed by atoms with Crippen molar-refractivity contribution in [2.75, 3.05) is 19.7 Å². The molecule has 1 aromatic heterocycles. The lowest BCUT2D eigenvalue weighted by Gasteiger charge is -2.26. The van der Waals surface area contributed by atoms with Crippen molar-refractivity contribution in [1.82, 2.24) is 4.90 Å². The molecule has 0 fully saturated rings. The zero-order chi connectivity index (χ0) is 20.2. The van der Waals surface area contributed by atoms with Crippen LogP contribution in [0.25, 0.3) is 16.5 Å². The van der Waals surface area contributed by atoms with Gasteiger partial charge >= 0.3 is 5.97 Å². The molecule has 2 heterocycles. The van der Waals surface area contributed by atoms with Crippen molar-refractivity contribution >= 4 is 28.4 Å². The van der Waals surface area contributed by atoms with Crippen molar-refractivity contribution in [2.45, 2.75) is 19.8 Å². The van der Waals surface area contributed by atoms with Crippen molar-refractivity contribution in [3.05, 3.63) is 77.6 Å². The van der Waals surface area contributed by atoms with Crippen LogP contribution in [-0.2, 0) is 20.7 Å². The molecule has 1 amide bonds. The van der Waals surface area contributed by atoms with E-state index in [0.29, 0.717) is 13.1 Å². The molecule has 0 aliphatic carbocycles. The molecule has 0 spiro atoms. The number of carbonyl (C=O) groups is 2. The Hall–Kier alpha value is -3.34. The second-order valence-corrected chi connectivity index (χ2v) is 7.28. The molecule has 4 rings (SSSR count). The summed E-state index contributed by atoms with van der Waals surface area (Å²) in [6.07, 6.45) is 4.53. The smallest absolute Gasteiger partial charge is 0.310 e. The van der Waals surface area contributed by atoms with Crippen molar-refractivity contribution in [3.63, 3.8) is 0 Å². The van der Waals surface area contributed by atoms with Gasteiger partial charge in [0.25, 0.3) is 5.91 Å². The fourth-order valence-corrected chi connectivity index (χ4v) is 3.58. The lowest BCUT2D eigenvalue weighted by molar-refractivity contribution is -0.151. The predicted molar refractivity (Wildman–Crippen MR) is 111 cm³/mol. The number of rotatable bonds is 5. The van der Waals surface area contributed by atoms with Crippen LogP contribution in [0, 0.1) is 6.92 Å². The van der Waals surface area contributed by atoms with Gasteiger partial charge in [0.2, 0.25) is 0 Å². The lowest BCUT2D eigenvalue weighted by Crippen LogP contribution is -2.37. The van der Waals surface area contributed by atoms with Gasteiger partial charge in [-0.25, -0.2) is 0 Å². The van der Waals surface area contributed by atoms with Gasteiger partial charge in [0.05, 0.1) is 12.7 Å². The molecular weight excluding hydrogens is 366 g/mol. The number of ether oxygens (including phenoxy) is 1. The summed E-state index contributed by atoms with van der Waals surface area (Å²) in [5, 5.41) is 0.897. The molecule has 148 valence electrons. The highest BCUT2D eigenvalue weighted by molar-refractivity contribution is 5.87. The van der Waals surface area contributed by atoms with E-state index in [1.165, 1.54) is 11.1 Å². The monoisotopic (exact) mass is 389 g/mol. The highest BCUT2D eigenvalue weighted by atomic mass is 16.5. The van der Waals surface area contributed by atoms with Gasteiger partial charge in [0, 0.05) is 24.0 Å². The molecule has 2 aromatic carbocycles. The van der Waals surface area contributed by atoms with E-state index in [1.807, 2.05) is 43.3 Å². The maximum Gasteiger partial charge on any atom is 0.310 e. The van der Waals surface area contributed by atoms with Crippen LogP contribution in [0.15, 0.2) is 65.3 Å². The third-order valence-electron chi connectivity index (χ3n) is 5.21. The minimum Gasteiger partial charge on any atom is -0.464 e. The Kier molecular flexibility index (Phi) is 5.47. The number of benzene rings is 2. The van der Waals surface area contributed by atoms with Crippen molar-refractivity contribution < 1.29 is 18.7 Å². The van der Waals surface area contributed by atoms with Gasteiger partial charge in [-0.1, -0.05) is 48.5 Å². The predicted octanol–water partition coefficient (Wildman–Crippen LogP) is 4.14. The highest BCUT2D eigenvalue weighted by Crippen LogP contribution is 2.23. The summed E-state index contributed by atoms with van der Waals surface area (Å²) >= 11 is 0. The number of fused-ring (bicyclic) bond motifs is 1. The van der Waals surface area contributed by atoms with E-state index in [-0.39, 0.29) is 18.9 Å². The largest absolute Gasteiger partial charge is 0.464 e. The van der Waals surface area contributed by atoms with E-state index in [0.717, 1.165) is 28.5 Å². The van der Waals surface area contributed by atoms with E-state index in [1.54, 1.807) is 11.2 Å². The highest BCUT2D eigenvalue weighted by Gasteiger charge is 2.20. The van der Waals surface area contributed by atoms with Gasteiger partial charge in [-0.15, -0.1) is 0 Å². The van der Waals surface area contributed by atoms with Crippen LogP contribution in [0.3, 0.4) is 0 Å². The van der Waals surface area contributed by atoms with E-state index < -0.39 is 5.97 Å². The van der Waals surface area contributed by atoms with Gasteiger partial charge in [0.1, 0.15) is 5.58 Å². The topological polar surface area (TPSA) is 59.8 Å². The molecule has 0 unspecified atom stereocenters. The molecule has 1 aliphatic rings. The Morgan fingerprint density at radius 2 is 1.97 bits per heavy atom. The third-order valence-corrected chi connectivity index (χ3v) is 5.21. The number of aryl methyl sites for hydroxylation is 1. The van der Waals surface area contributed by atoms with Crippen LogP contribution < -0.4 is 0 Å². The van der Waals surface area contributed by atoms with Crippen LogP contribution in [-0.4, -0.2) is 36.5 Å². The Labute approximate surface area is 169 Å². The number of amides is 1. The van der Waals surface area contributed by atoms with Gasteiger partial charge in [-0.3, -0.25) is 9.59 Å². The van der Waals surface area contributed by atoms with Crippen molar-refractivity contribution in [3.8, 4) is 0 Å².